The third-order valence-corrected chi connectivity index (χ3v) is 4.38. The highest BCUT2D eigenvalue weighted by molar-refractivity contribution is 5.39. The molecular weight excluding hydrogens is 234 g/mol. The van der Waals surface area contributed by atoms with Crippen LogP contribution in [0.5, 0.6) is 5.75 Å². The van der Waals surface area contributed by atoms with E-state index in [1.807, 2.05) is 6.07 Å². The van der Waals surface area contributed by atoms with Gasteiger partial charge in [0.05, 0.1) is 6.61 Å². The van der Waals surface area contributed by atoms with E-state index < -0.39 is 0 Å². The molecule has 0 bridgehead atoms. The summed E-state index contributed by atoms with van der Waals surface area (Å²) in [6.07, 6.45) is 5.50. The molecule has 0 unspecified atom stereocenters. The first kappa shape index (κ1) is 14.4. The first-order valence-corrected chi connectivity index (χ1v) is 7.48. The van der Waals surface area contributed by atoms with E-state index in [0.29, 0.717) is 5.41 Å². The van der Waals surface area contributed by atoms with E-state index in [4.69, 9.17) is 10.5 Å². The molecule has 0 heterocycles. The van der Waals surface area contributed by atoms with Gasteiger partial charge >= 0.3 is 0 Å². The van der Waals surface area contributed by atoms with E-state index in [2.05, 4.69) is 39.0 Å². The van der Waals surface area contributed by atoms with Crippen molar-refractivity contribution in [1.82, 2.24) is 0 Å². The second-order valence-electron chi connectivity index (χ2n) is 6.66. The molecule has 1 aromatic rings. The summed E-state index contributed by atoms with van der Waals surface area (Å²) in [5, 5.41) is 0. The minimum Gasteiger partial charge on any atom is -0.493 e. The van der Waals surface area contributed by atoms with Crippen molar-refractivity contribution in [2.75, 3.05) is 6.61 Å². The third kappa shape index (κ3) is 3.30. The minimum absolute atomic E-state index is 0.208. The van der Waals surface area contributed by atoms with E-state index in [0.717, 1.165) is 31.6 Å². The Morgan fingerprint density at radius 2 is 1.74 bits per heavy atom. The summed E-state index contributed by atoms with van der Waals surface area (Å²) in [6.45, 7) is 7.57. The lowest BCUT2D eigenvalue weighted by Crippen LogP contribution is -2.42. The Balaban J connectivity index is 2.21. The Morgan fingerprint density at radius 1 is 1.11 bits per heavy atom. The molecular formula is C17H27NO. The molecule has 0 aliphatic heterocycles. The number of rotatable bonds is 4. The Labute approximate surface area is 117 Å². The van der Waals surface area contributed by atoms with Crippen LogP contribution in [-0.2, 0) is 5.54 Å². The Hall–Kier alpha value is -1.02. The van der Waals surface area contributed by atoms with E-state index >= 15 is 0 Å². The Kier molecular flexibility index (Phi) is 4.19. The summed E-state index contributed by atoms with van der Waals surface area (Å²) in [5.41, 5.74) is 8.11. The molecule has 2 N–H and O–H groups in total. The molecule has 0 amide bonds. The average molecular weight is 261 g/mol. The largest absolute Gasteiger partial charge is 0.493 e. The predicted molar refractivity (Wildman–Crippen MR) is 80.3 cm³/mol. The topological polar surface area (TPSA) is 35.2 Å². The molecule has 1 saturated carbocycles. The van der Waals surface area contributed by atoms with Gasteiger partial charge in [0, 0.05) is 11.1 Å². The van der Waals surface area contributed by atoms with Crippen molar-refractivity contribution in [3.05, 3.63) is 29.8 Å². The molecule has 2 nitrogen and oxygen atoms in total. The number of hydrogen-bond donors (Lipinski definition) is 1. The quantitative estimate of drug-likeness (QED) is 0.880. The summed E-state index contributed by atoms with van der Waals surface area (Å²) in [4.78, 5) is 0. The van der Waals surface area contributed by atoms with Crippen molar-refractivity contribution in [2.45, 2.75) is 58.4 Å². The van der Waals surface area contributed by atoms with Crippen molar-refractivity contribution in [3.8, 4) is 5.75 Å². The highest BCUT2D eigenvalue weighted by atomic mass is 16.5. The van der Waals surface area contributed by atoms with Crippen LogP contribution in [0.3, 0.4) is 0 Å². The van der Waals surface area contributed by atoms with Crippen LogP contribution in [0, 0.1) is 5.41 Å². The van der Waals surface area contributed by atoms with Gasteiger partial charge in [-0.25, -0.2) is 0 Å². The summed E-state index contributed by atoms with van der Waals surface area (Å²) in [5.74, 6) is 0.978. The molecule has 0 atom stereocenters. The maximum Gasteiger partial charge on any atom is 0.124 e. The van der Waals surface area contributed by atoms with Crippen LogP contribution < -0.4 is 10.5 Å². The number of para-hydroxylation sites is 1. The molecule has 1 aliphatic carbocycles. The molecule has 0 radical (unpaired) electrons. The lowest BCUT2D eigenvalue weighted by Gasteiger charge is -2.42. The fourth-order valence-corrected chi connectivity index (χ4v) is 2.86. The number of nitrogens with two attached hydrogens (primary N) is 1. The van der Waals surface area contributed by atoms with Crippen LogP contribution in [0.1, 0.15) is 58.4 Å². The van der Waals surface area contributed by atoms with Crippen LogP contribution in [0.2, 0.25) is 0 Å². The van der Waals surface area contributed by atoms with Gasteiger partial charge in [0.15, 0.2) is 0 Å². The molecule has 2 rings (SSSR count). The average Bonchev–Trinajstić information content (AvgIpc) is 2.41. The van der Waals surface area contributed by atoms with Crippen LogP contribution in [0.25, 0.3) is 0 Å². The fraction of sp³-hybridized carbons (Fsp3) is 0.647. The van der Waals surface area contributed by atoms with Gasteiger partial charge in [0.1, 0.15) is 5.75 Å². The van der Waals surface area contributed by atoms with E-state index in [1.165, 1.54) is 18.4 Å². The Bertz CT molecular complexity index is 415. The summed E-state index contributed by atoms with van der Waals surface area (Å²) < 4.78 is 5.88. The molecule has 0 spiro atoms. The first-order chi connectivity index (χ1) is 8.97. The van der Waals surface area contributed by atoms with Crippen molar-refractivity contribution in [2.24, 2.45) is 11.1 Å². The lowest BCUT2D eigenvalue weighted by atomic mass is 9.67. The molecule has 19 heavy (non-hydrogen) atoms. The molecule has 1 fully saturated rings. The highest BCUT2D eigenvalue weighted by Crippen LogP contribution is 2.45. The molecule has 0 aromatic heterocycles. The first-order valence-electron chi connectivity index (χ1n) is 7.48. The maximum absolute atomic E-state index is 6.69. The smallest absolute Gasteiger partial charge is 0.124 e. The van der Waals surface area contributed by atoms with Gasteiger partial charge in [-0.3, -0.25) is 0 Å². The fourth-order valence-electron chi connectivity index (χ4n) is 2.86. The van der Waals surface area contributed by atoms with E-state index in [1.54, 1.807) is 0 Å². The molecule has 1 aliphatic rings. The van der Waals surface area contributed by atoms with E-state index in [9.17, 15) is 0 Å². The monoisotopic (exact) mass is 261 g/mol. The van der Waals surface area contributed by atoms with E-state index in [-0.39, 0.29) is 5.54 Å². The number of hydrogen-bond acceptors (Lipinski definition) is 2. The van der Waals surface area contributed by atoms with Crippen molar-refractivity contribution >= 4 is 0 Å². The van der Waals surface area contributed by atoms with Gasteiger partial charge < -0.3 is 10.5 Å². The maximum atomic E-state index is 6.69. The van der Waals surface area contributed by atoms with Gasteiger partial charge in [-0.2, -0.15) is 0 Å². The molecule has 2 heteroatoms. The Morgan fingerprint density at radius 3 is 2.37 bits per heavy atom. The van der Waals surface area contributed by atoms with Gasteiger partial charge in [-0.05, 0) is 43.6 Å². The highest BCUT2D eigenvalue weighted by Gasteiger charge is 2.38. The van der Waals surface area contributed by atoms with Gasteiger partial charge in [-0.15, -0.1) is 0 Å². The second kappa shape index (κ2) is 5.54. The van der Waals surface area contributed by atoms with Crippen LogP contribution >= 0.6 is 0 Å². The van der Waals surface area contributed by atoms with Crippen LogP contribution in [-0.4, -0.2) is 6.61 Å². The third-order valence-electron chi connectivity index (χ3n) is 4.38. The zero-order valence-electron chi connectivity index (χ0n) is 12.5. The van der Waals surface area contributed by atoms with Crippen molar-refractivity contribution < 1.29 is 4.74 Å². The second-order valence-corrected chi connectivity index (χ2v) is 6.66. The van der Waals surface area contributed by atoms with Crippen LogP contribution in [0.15, 0.2) is 24.3 Å². The molecule has 106 valence electrons. The standard InChI is InChI=1S/C17H27NO/c1-4-13-19-15-8-6-5-7-14(15)17(18)11-9-16(2,3)10-12-17/h5-8H,4,9-13,18H2,1-3H3. The van der Waals surface area contributed by atoms with Crippen molar-refractivity contribution in [1.29, 1.82) is 0 Å². The minimum atomic E-state index is -0.208. The van der Waals surface area contributed by atoms with Gasteiger partial charge in [-0.1, -0.05) is 39.0 Å². The zero-order valence-corrected chi connectivity index (χ0v) is 12.5. The molecule has 0 saturated heterocycles. The summed E-state index contributed by atoms with van der Waals surface area (Å²) in [6, 6.07) is 8.30. The zero-order chi connectivity index (χ0) is 13.9. The summed E-state index contributed by atoms with van der Waals surface area (Å²) in [7, 11) is 0. The van der Waals surface area contributed by atoms with Gasteiger partial charge in [0.2, 0.25) is 0 Å². The number of benzene rings is 1. The van der Waals surface area contributed by atoms with Gasteiger partial charge in [0.25, 0.3) is 0 Å². The summed E-state index contributed by atoms with van der Waals surface area (Å²) >= 11 is 0. The van der Waals surface area contributed by atoms with Crippen LogP contribution in [0.4, 0.5) is 0 Å². The predicted octanol–water partition coefficient (Wildman–Crippen LogP) is 4.23. The van der Waals surface area contributed by atoms with Crippen molar-refractivity contribution in [3.63, 3.8) is 0 Å². The number of ether oxygens (including phenoxy) is 1. The lowest BCUT2D eigenvalue weighted by molar-refractivity contribution is 0.161. The molecule has 1 aromatic carbocycles. The SMILES string of the molecule is CCCOc1ccccc1C1(N)CCC(C)(C)CC1. The normalized spacial score (nSPS) is 21.1.